The maximum atomic E-state index is 13.7. The molecule has 156 valence electrons. The highest BCUT2D eigenvalue weighted by atomic mass is 32.2. The van der Waals surface area contributed by atoms with Gasteiger partial charge in [-0.05, 0) is 50.5 Å². The number of hydrogen-bond acceptors (Lipinski definition) is 3. The van der Waals surface area contributed by atoms with Gasteiger partial charge in [0, 0.05) is 25.2 Å². The van der Waals surface area contributed by atoms with Crippen LogP contribution < -0.4 is 5.32 Å². The molecule has 5 nitrogen and oxygen atoms in total. The van der Waals surface area contributed by atoms with Crippen molar-refractivity contribution in [2.45, 2.75) is 43.5 Å². The van der Waals surface area contributed by atoms with E-state index in [4.69, 9.17) is 0 Å². The molecule has 1 aliphatic rings. The summed E-state index contributed by atoms with van der Waals surface area (Å²) in [6, 6.07) is 9.28. The van der Waals surface area contributed by atoms with Gasteiger partial charge in [0.1, 0.15) is 11.6 Å². The summed E-state index contributed by atoms with van der Waals surface area (Å²) in [6.07, 6.45) is 2.81. The van der Waals surface area contributed by atoms with Crippen LogP contribution in [0.15, 0.2) is 47.4 Å². The van der Waals surface area contributed by atoms with Crippen LogP contribution in [0.4, 0.5) is 8.78 Å². The third-order valence-corrected chi connectivity index (χ3v) is 7.11. The fraction of sp³-hybridized carbons (Fsp3) is 0.381. The number of rotatable bonds is 6. The van der Waals surface area contributed by atoms with Gasteiger partial charge in [0.15, 0.2) is 0 Å². The summed E-state index contributed by atoms with van der Waals surface area (Å²) in [5.74, 6) is -2.33. The maximum Gasteiger partial charge on any atom is 0.254 e. The SMILES string of the molecule is Cc1ccc(S(=O)(=O)N2CCCCC2CCNC(=O)c2ccc(F)cc2F)cc1. The van der Waals surface area contributed by atoms with Crippen LogP contribution in [0.2, 0.25) is 0 Å². The van der Waals surface area contributed by atoms with E-state index in [2.05, 4.69) is 5.32 Å². The number of sulfonamides is 1. The first-order valence-corrected chi connectivity index (χ1v) is 11.0. The lowest BCUT2D eigenvalue weighted by atomic mass is 10.0. The Hall–Kier alpha value is -2.32. The molecule has 1 fully saturated rings. The van der Waals surface area contributed by atoms with E-state index in [1.54, 1.807) is 24.3 Å². The molecule has 1 aliphatic heterocycles. The quantitative estimate of drug-likeness (QED) is 0.773. The standard InChI is InChI=1S/C21H24F2N2O3S/c1-15-5-8-18(9-6-15)29(27,28)25-13-3-2-4-17(25)11-12-24-21(26)19-10-7-16(22)14-20(19)23/h5-10,14,17H,2-4,11-13H2,1H3,(H,24,26). The van der Waals surface area contributed by atoms with Crippen LogP contribution in [-0.2, 0) is 10.0 Å². The fourth-order valence-electron chi connectivity index (χ4n) is 3.55. The Morgan fingerprint density at radius 1 is 1.14 bits per heavy atom. The molecule has 1 saturated heterocycles. The lowest BCUT2D eigenvalue weighted by molar-refractivity contribution is 0.0945. The topological polar surface area (TPSA) is 66.5 Å². The zero-order chi connectivity index (χ0) is 21.0. The van der Waals surface area contributed by atoms with Crippen molar-refractivity contribution in [3.05, 3.63) is 65.2 Å². The number of aryl methyl sites for hydroxylation is 1. The second-order valence-corrected chi connectivity index (χ2v) is 9.14. The van der Waals surface area contributed by atoms with Gasteiger partial charge >= 0.3 is 0 Å². The van der Waals surface area contributed by atoms with Crippen molar-refractivity contribution in [2.75, 3.05) is 13.1 Å². The van der Waals surface area contributed by atoms with Gasteiger partial charge in [-0.2, -0.15) is 4.31 Å². The molecule has 0 aromatic heterocycles. The molecule has 2 aromatic carbocycles. The second-order valence-electron chi connectivity index (χ2n) is 7.25. The van der Waals surface area contributed by atoms with Gasteiger partial charge in [0.25, 0.3) is 5.91 Å². The molecule has 0 bridgehead atoms. The van der Waals surface area contributed by atoms with Gasteiger partial charge in [0.2, 0.25) is 10.0 Å². The first-order valence-electron chi connectivity index (χ1n) is 9.61. The van der Waals surface area contributed by atoms with Crippen LogP contribution in [0.25, 0.3) is 0 Å². The van der Waals surface area contributed by atoms with Crippen molar-refractivity contribution in [1.29, 1.82) is 0 Å². The molecule has 1 atom stereocenters. The zero-order valence-electron chi connectivity index (χ0n) is 16.2. The molecule has 1 amide bonds. The lowest BCUT2D eigenvalue weighted by Crippen LogP contribution is -2.45. The summed E-state index contributed by atoms with van der Waals surface area (Å²) in [7, 11) is -3.62. The van der Waals surface area contributed by atoms with E-state index in [0.717, 1.165) is 30.5 Å². The van der Waals surface area contributed by atoms with Crippen LogP contribution in [0.5, 0.6) is 0 Å². The summed E-state index contributed by atoms with van der Waals surface area (Å²) < 4.78 is 54.3. The monoisotopic (exact) mass is 422 g/mol. The third-order valence-electron chi connectivity index (χ3n) is 5.14. The second kappa shape index (κ2) is 9.00. The number of halogens is 2. The number of nitrogens with one attached hydrogen (secondary N) is 1. The molecule has 1 N–H and O–H groups in total. The molecule has 8 heteroatoms. The minimum absolute atomic E-state index is 0.195. The average Bonchev–Trinajstić information content (AvgIpc) is 2.68. The number of amides is 1. The van der Waals surface area contributed by atoms with Crippen LogP contribution in [0.1, 0.15) is 41.6 Å². The van der Waals surface area contributed by atoms with E-state index in [1.807, 2.05) is 6.92 Å². The lowest BCUT2D eigenvalue weighted by Gasteiger charge is -2.34. The van der Waals surface area contributed by atoms with Gasteiger partial charge in [-0.3, -0.25) is 4.79 Å². The van der Waals surface area contributed by atoms with E-state index in [9.17, 15) is 22.0 Å². The molecular weight excluding hydrogens is 398 g/mol. The Morgan fingerprint density at radius 3 is 2.55 bits per heavy atom. The van der Waals surface area contributed by atoms with Crippen molar-refractivity contribution in [2.24, 2.45) is 0 Å². The summed E-state index contributed by atoms with van der Waals surface area (Å²) in [5, 5.41) is 2.60. The van der Waals surface area contributed by atoms with Crippen LogP contribution >= 0.6 is 0 Å². The van der Waals surface area contributed by atoms with Crippen LogP contribution in [0.3, 0.4) is 0 Å². The molecule has 29 heavy (non-hydrogen) atoms. The molecule has 1 heterocycles. The maximum absolute atomic E-state index is 13.7. The van der Waals surface area contributed by atoms with E-state index in [0.29, 0.717) is 25.5 Å². The average molecular weight is 422 g/mol. The number of hydrogen-bond donors (Lipinski definition) is 1. The molecule has 3 rings (SSSR count). The Labute approximate surface area is 169 Å². The largest absolute Gasteiger partial charge is 0.352 e. The first-order chi connectivity index (χ1) is 13.8. The smallest absolute Gasteiger partial charge is 0.254 e. The molecule has 0 radical (unpaired) electrons. The van der Waals surface area contributed by atoms with Crippen molar-refractivity contribution in [3.8, 4) is 0 Å². The fourth-order valence-corrected chi connectivity index (χ4v) is 5.27. The van der Waals surface area contributed by atoms with Gasteiger partial charge in [-0.25, -0.2) is 17.2 Å². The van der Waals surface area contributed by atoms with E-state index < -0.39 is 27.6 Å². The number of carbonyl (C=O) groups excluding carboxylic acids is 1. The third kappa shape index (κ3) is 5.00. The Morgan fingerprint density at radius 2 is 1.86 bits per heavy atom. The van der Waals surface area contributed by atoms with E-state index in [-0.39, 0.29) is 23.0 Å². The molecule has 1 unspecified atom stereocenters. The highest BCUT2D eigenvalue weighted by molar-refractivity contribution is 7.89. The summed E-state index contributed by atoms with van der Waals surface area (Å²) in [5.41, 5.74) is 0.744. The summed E-state index contributed by atoms with van der Waals surface area (Å²) in [4.78, 5) is 12.4. The predicted molar refractivity (Wildman–Crippen MR) is 106 cm³/mol. The number of carbonyl (C=O) groups is 1. The van der Waals surface area contributed by atoms with Crippen molar-refractivity contribution in [3.63, 3.8) is 0 Å². The summed E-state index contributed by atoms with van der Waals surface area (Å²) in [6.45, 7) is 2.52. The van der Waals surface area contributed by atoms with E-state index in [1.165, 1.54) is 4.31 Å². The minimum atomic E-state index is -3.62. The highest BCUT2D eigenvalue weighted by Crippen LogP contribution is 2.27. The summed E-state index contributed by atoms with van der Waals surface area (Å²) >= 11 is 0. The molecule has 0 saturated carbocycles. The van der Waals surface area contributed by atoms with Crippen molar-refractivity contribution >= 4 is 15.9 Å². The minimum Gasteiger partial charge on any atom is -0.352 e. The zero-order valence-corrected chi connectivity index (χ0v) is 17.0. The normalized spacial score (nSPS) is 17.8. The highest BCUT2D eigenvalue weighted by Gasteiger charge is 2.33. The molecule has 2 aromatic rings. The molecular formula is C21H24F2N2O3S. The van der Waals surface area contributed by atoms with Crippen LogP contribution in [0, 0.1) is 18.6 Å². The van der Waals surface area contributed by atoms with Crippen molar-refractivity contribution < 1.29 is 22.0 Å². The predicted octanol–water partition coefficient (Wildman–Crippen LogP) is 3.64. The van der Waals surface area contributed by atoms with Gasteiger partial charge in [-0.1, -0.05) is 24.1 Å². The van der Waals surface area contributed by atoms with Gasteiger partial charge in [0.05, 0.1) is 10.5 Å². The van der Waals surface area contributed by atoms with Gasteiger partial charge < -0.3 is 5.32 Å². The Kier molecular flexibility index (Phi) is 6.64. The van der Waals surface area contributed by atoms with Gasteiger partial charge in [-0.15, -0.1) is 0 Å². The number of benzene rings is 2. The number of piperidine rings is 1. The Bertz CT molecular complexity index is 978. The molecule has 0 aliphatic carbocycles. The van der Waals surface area contributed by atoms with E-state index >= 15 is 0 Å². The van der Waals surface area contributed by atoms with Crippen LogP contribution in [-0.4, -0.2) is 37.8 Å². The van der Waals surface area contributed by atoms with Crippen molar-refractivity contribution in [1.82, 2.24) is 9.62 Å². The molecule has 0 spiro atoms. The number of nitrogens with zero attached hydrogens (tertiary/aromatic N) is 1. The first kappa shape index (κ1) is 21.4. The Balaban J connectivity index is 1.65.